The molecule has 0 aromatic rings. The normalized spacial score (nSPS) is 24.9. The Balaban J connectivity index is 2.49. The van der Waals surface area contributed by atoms with Gasteiger partial charge in [-0.05, 0) is 12.3 Å². The van der Waals surface area contributed by atoms with Crippen molar-refractivity contribution in [1.29, 1.82) is 0 Å². The van der Waals surface area contributed by atoms with Gasteiger partial charge in [0.05, 0.1) is 13.2 Å². The summed E-state index contributed by atoms with van der Waals surface area (Å²) in [7, 11) is 0. The molecule has 0 bridgehead atoms. The van der Waals surface area contributed by atoms with Crippen LogP contribution in [0.4, 0.5) is 0 Å². The Morgan fingerprint density at radius 2 is 2.00 bits per heavy atom. The molecule has 1 rings (SSSR count). The molecule has 0 spiro atoms. The van der Waals surface area contributed by atoms with Crippen LogP contribution in [0.1, 0.15) is 13.3 Å². The van der Waals surface area contributed by atoms with Crippen LogP contribution in [0.3, 0.4) is 0 Å². The summed E-state index contributed by atoms with van der Waals surface area (Å²) in [6.45, 7) is 3.17. The van der Waals surface area contributed by atoms with Gasteiger partial charge in [0.2, 0.25) is 5.79 Å². The van der Waals surface area contributed by atoms with Crippen molar-refractivity contribution in [1.82, 2.24) is 0 Å². The third-order valence-electron chi connectivity index (χ3n) is 1.31. The van der Waals surface area contributed by atoms with Crippen LogP contribution in [0.15, 0.2) is 0 Å². The van der Waals surface area contributed by atoms with Crippen LogP contribution in [0, 0.1) is 12.3 Å². The van der Waals surface area contributed by atoms with E-state index >= 15 is 0 Å². The van der Waals surface area contributed by atoms with Gasteiger partial charge in [0.25, 0.3) is 0 Å². The first-order chi connectivity index (χ1) is 4.27. The van der Waals surface area contributed by atoms with Gasteiger partial charge in [-0.1, -0.05) is 0 Å². The second kappa shape index (κ2) is 2.38. The van der Waals surface area contributed by atoms with Gasteiger partial charge >= 0.3 is 0 Å². The van der Waals surface area contributed by atoms with Crippen molar-refractivity contribution >= 4 is 0 Å². The molecule has 1 fully saturated rings. The summed E-state index contributed by atoms with van der Waals surface area (Å²) in [5, 5.41) is 0. The van der Waals surface area contributed by atoms with Gasteiger partial charge in [-0.2, -0.15) is 0 Å². The predicted octanol–water partition coefficient (Wildman–Crippen LogP) is 0.773. The summed E-state index contributed by atoms with van der Waals surface area (Å²) >= 11 is 0. The van der Waals surface area contributed by atoms with Gasteiger partial charge in [0.15, 0.2) is 0 Å². The van der Waals surface area contributed by atoms with E-state index in [1.165, 1.54) is 0 Å². The molecule has 0 radical (unpaired) electrons. The molecule has 0 aliphatic carbocycles. The maximum absolute atomic E-state index is 5.16. The summed E-state index contributed by atoms with van der Waals surface area (Å²) in [5.74, 6) is 1.68. The molecule has 1 heterocycles. The number of rotatable bonds is 0. The molecule has 9 heavy (non-hydrogen) atoms. The van der Waals surface area contributed by atoms with Crippen LogP contribution in [0.5, 0.6) is 0 Å². The van der Waals surface area contributed by atoms with E-state index in [2.05, 4.69) is 5.92 Å². The molecule has 0 atom stereocenters. The summed E-state index contributed by atoms with van der Waals surface area (Å²) in [5.41, 5.74) is 0. The summed E-state index contributed by atoms with van der Waals surface area (Å²) in [6, 6.07) is 0. The molecule has 2 nitrogen and oxygen atoms in total. The zero-order chi connectivity index (χ0) is 6.74. The maximum atomic E-state index is 5.16. The van der Waals surface area contributed by atoms with Crippen LogP contribution in [0.25, 0.3) is 0 Å². The van der Waals surface area contributed by atoms with Gasteiger partial charge in [-0.3, -0.25) is 0 Å². The lowest BCUT2D eigenvalue weighted by Crippen LogP contribution is -2.35. The van der Waals surface area contributed by atoms with Gasteiger partial charge in [-0.25, -0.2) is 0 Å². The molecule has 0 saturated carbocycles. The first kappa shape index (κ1) is 6.60. The van der Waals surface area contributed by atoms with E-state index in [4.69, 9.17) is 15.9 Å². The van der Waals surface area contributed by atoms with Crippen molar-refractivity contribution in [2.45, 2.75) is 19.1 Å². The van der Waals surface area contributed by atoms with Gasteiger partial charge < -0.3 is 9.47 Å². The van der Waals surface area contributed by atoms with E-state index < -0.39 is 5.79 Å². The lowest BCUT2D eigenvalue weighted by Gasteiger charge is -2.28. The number of terminal acetylenes is 1. The average molecular weight is 126 g/mol. The number of ether oxygens (including phenoxy) is 2. The topological polar surface area (TPSA) is 18.5 Å². The van der Waals surface area contributed by atoms with E-state index in [-0.39, 0.29) is 0 Å². The minimum absolute atomic E-state index is 0.709. The minimum atomic E-state index is -0.752. The second-order valence-electron chi connectivity index (χ2n) is 2.14. The standard InChI is InChI=1S/C7H10O2/c1-3-7(2)8-5-4-6-9-7/h1H,4-6H2,2H3. The van der Waals surface area contributed by atoms with Gasteiger partial charge in [0, 0.05) is 6.92 Å². The van der Waals surface area contributed by atoms with Crippen LogP contribution in [-0.4, -0.2) is 19.0 Å². The molecule has 2 heteroatoms. The second-order valence-corrected chi connectivity index (χ2v) is 2.14. The lowest BCUT2D eigenvalue weighted by molar-refractivity contribution is -0.218. The Bertz CT molecular complexity index is 128. The first-order valence-electron chi connectivity index (χ1n) is 3.02. The van der Waals surface area contributed by atoms with Crippen LogP contribution in [0.2, 0.25) is 0 Å². The quantitative estimate of drug-likeness (QED) is 0.446. The molecule has 50 valence electrons. The van der Waals surface area contributed by atoms with Crippen LogP contribution < -0.4 is 0 Å². The van der Waals surface area contributed by atoms with Gasteiger partial charge in [0.1, 0.15) is 0 Å². The summed E-state index contributed by atoms with van der Waals surface area (Å²) in [4.78, 5) is 0. The Kier molecular flexibility index (Phi) is 1.75. The summed E-state index contributed by atoms with van der Waals surface area (Å²) < 4.78 is 10.3. The third kappa shape index (κ3) is 1.44. The van der Waals surface area contributed by atoms with Crippen molar-refractivity contribution in [2.24, 2.45) is 0 Å². The lowest BCUT2D eigenvalue weighted by atomic mass is 10.3. The zero-order valence-corrected chi connectivity index (χ0v) is 5.52. The van der Waals surface area contributed by atoms with Crippen molar-refractivity contribution in [3.05, 3.63) is 0 Å². The van der Waals surface area contributed by atoms with Crippen LogP contribution >= 0.6 is 0 Å². The van der Waals surface area contributed by atoms with E-state index in [0.717, 1.165) is 6.42 Å². The van der Waals surface area contributed by atoms with E-state index in [9.17, 15) is 0 Å². The highest BCUT2D eigenvalue weighted by Gasteiger charge is 2.25. The highest BCUT2D eigenvalue weighted by atomic mass is 16.7. The molecular formula is C7H10O2. The zero-order valence-electron chi connectivity index (χ0n) is 5.52. The Morgan fingerprint density at radius 1 is 1.44 bits per heavy atom. The van der Waals surface area contributed by atoms with Crippen molar-refractivity contribution in [2.75, 3.05) is 13.2 Å². The van der Waals surface area contributed by atoms with E-state index in [0.29, 0.717) is 13.2 Å². The fourth-order valence-corrected chi connectivity index (χ4v) is 0.718. The SMILES string of the molecule is C#CC1(C)OCCCO1. The van der Waals surface area contributed by atoms with Gasteiger partial charge in [-0.15, -0.1) is 6.42 Å². The highest BCUT2D eigenvalue weighted by molar-refractivity contribution is 5.00. The molecule has 0 unspecified atom stereocenters. The van der Waals surface area contributed by atoms with Crippen molar-refractivity contribution < 1.29 is 9.47 Å². The van der Waals surface area contributed by atoms with Crippen molar-refractivity contribution in [3.8, 4) is 12.3 Å². The van der Waals surface area contributed by atoms with Crippen LogP contribution in [-0.2, 0) is 9.47 Å². The Morgan fingerprint density at radius 3 is 2.33 bits per heavy atom. The van der Waals surface area contributed by atoms with Crippen molar-refractivity contribution in [3.63, 3.8) is 0 Å². The fraction of sp³-hybridized carbons (Fsp3) is 0.714. The molecule has 1 aliphatic heterocycles. The molecule has 1 saturated heterocycles. The molecule has 0 aromatic heterocycles. The van der Waals surface area contributed by atoms with E-state index in [1.807, 2.05) is 0 Å². The van der Waals surface area contributed by atoms with E-state index in [1.54, 1.807) is 6.92 Å². The fourth-order valence-electron chi connectivity index (χ4n) is 0.718. The molecule has 1 aliphatic rings. The molecule has 0 N–H and O–H groups in total. The maximum Gasteiger partial charge on any atom is 0.230 e. The Labute approximate surface area is 55.1 Å². The monoisotopic (exact) mass is 126 g/mol. The smallest absolute Gasteiger partial charge is 0.230 e. The number of hydrogen-bond acceptors (Lipinski definition) is 2. The molecule has 0 amide bonds. The molecular weight excluding hydrogens is 116 g/mol. The average Bonchev–Trinajstić information content (AvgIpc) is 1.90. The Hall–Kier alpha value is -0.520. The first-order valence-corrected chi connectivity index (χ1v) is 3.02. The molecule has 0 aromatic carbocycles. The predicted molar refractivity (Wildman–Crippen MR) is 33.8 cm³/mol. The number of hydrogen-bond donors (Lipinski definition) is 0. The highest BCUT2D eigenvalue weighted by Crippen LogP contribution is 2.15. The minimum Gasteiger partial charge on any atom is -0.340 e. The third-order valence-corrected chi connectivity index (χ3v) is 1.31. The largest absolute Gasteiger partial charge is 0.340 e. The summed E-state index contributed by atoms with van der Waals surface area (Å²) in [6.07, 6.45) is 6.08.